The van der Waals surface area contributed by atoms with E-state index in [9.17, 15) is 29.4 Å². The molecule has 0 atom stereocenters. The molecule has 0 amide bonds. The van der Waals surface area contributed by atoms with Crippen LogP contribution < -0.4 is 10.2 Å². The summed E-state index contributed by atoms with van der Waals surface area (Å²) < 4.78 is 10.3. The second kappa shape index (κ2) is 53.6. The van der Waals surface area contributed by atoms with E-state index in [0.717, 1.165) is 64.2 Å². The Balaban J connectivity index is -0.000000914. The van der Waals surface area contributed by atoms with Crippen LogP contribution in [0.5, 0.6) is 0 Å². The van der Waals surface area contributed by atoms with Crippen molar-refractivity contribution >= 4 is 47.8 Å². The second-order valence-corrected chi connectivity index (χ2v) is 16.8. The molecule has 0 unspecified atom stereocenters. The number of carboxylic acid groups (broad SMARTS) is 2. The number of benzene rings is 2. The van der Waals surface area contributed by atoms with Crippen LogP contribution >= 0.6 is 0 Å². The summed E-state index contributed by atoms with van der Waals surface area (Å²) in [6.45, 7) is 17.1. The van der Waals surface area contributed by atoms with Gasteiger partial charge in [0.25, 0.3) is 0 Å². The van der Waals surface area contributed by atoms with Gasteiger partial charge in [-0.1, -0.05) is 231 Å². The Bertz CT molecular complexity index is 1380. The summed E-state index contributed by atoms with van der Waals surface area (Å²) in [6, 6.07) is 11.9. The van der Waals surface area contributed by atoms with Crippen molar-refractivity contribution < 1.29 is 38.9 Å². The van der Waals surface area contributed by atoms with E-state index < -0.39 is 23.9 Å². The first kappa shape index (κ1) is 67.9. The molecule has 0 aliphatic carbocycles. The van der Waals surface area contributed by atoms with Gasteiger partial charge >= 0.3 is 35.8 Å². The van der Waals surface area contributed by atoms with Crippen molar-refractivity contribution in [2.75, 3.05) is 13.2 Å². The van der Waals surface area contributed by atoms with Crippen LogP contribution in [-0.2, 0) is 9.47 Å². The minimum Gasteiger partial charge on any atom is -0.545 e. The Labute approximate surface area is 426 Å². The monoisotopic (exact) mass is 1040 g/mol. The van der Waals surface area contributed by atoms with E-state index in [1.165, 1.54) is 153 Å². The Kier molecular flexibility index (Phi) is 54.2. The third-order valence-corrected chi connectivity index (χ3v) is 10.7. The van der Waals surface area contributed by atoms with Crippen LogP contribution in [-0.4, -0.2) is 61.0 Å². The van der Waals surface area contributed by atoms with Gasteiger partial charge in [-0.3, -0.25) is 0 Å². The fourth-order valence-corrected chi connectivity index (χ4v) is 6.66. The molecule has 0 saturated heterocycles. The van der Waals surface area contributed by atoms with Crippen LogP contribution in [0, 0.1) is 13.8 Å². The molecular weight excluding hydrogens is 943 g/mol. The van der Waals surface area contributed by atoms with E-state index in [1.807, 2.05) is 0 Å². The van der Waals surface area contributed by atoms with E-state index in [0.29, 0.717) is 13.2 Å². The molecule has 2 aromatic rings. The van der Waals surface area contributed by atoms with Gasteiger partial charge in [0.1, 0.15) is 0 Å². The van der Waals surface area contributed by atoms with E-state index in [-0.39, 0.29) is 46.2 Å². The maximum Gasteiger partial charge on any atom is 2.00 e. The van der Waals surface area contributed by atoms with Crippen LogP contribution in [0.2, 0.25) is 0 Å². The molecule has 0 aromatic heterocycles. The summed E-state index contributed by atoms with van der Waals surface area (Å²) in [7, 11) is 0. The molecule has 67 heavy (non-hydrogen) atoms. The fourth-order valence-electron chi connectivity index (χ4n) is 6.66. The van der Waals surface area contributed by atoms with Crippen molar-refractivity contribution in [3.63, 3.8) is 0 Å². The minimum atomic E-state index is -1.37. The summed E-state index contributed by atoms with van der Waals surface area (Å²) in [5.41, 5.74) is -0.167. The van der Waals surface area contributed by atoms with Crippen molar-refractivity contribution in [1.29, 1.82) is 0 Å². The molecule has 0 heterocycles. The maximum absolute atomic E-state index is 11.9. The van der Waals surface area contributed by atoms with Crippen molar-refractivity contribution in [3.8, 4) is 0 Å². The summed E-state index contributed by atoms with van der Waals surface area (Å²) in [6.07, 6.45) is 45.4. The molecule has 2 rings (SSSR count). The molecule has 0 N–H and O–H groups in total. The Morgan fingerprint density at radius 2 is 0.657 bits per heavy atom. The molecule has 0 bridgehead atoms. The Hall–Kier alpha value is -3.40. The number of carbonyl (C=O) groups excluding carboxylic acids is 4. The minimum absolute atomic E-state index is 0. The predicted molar refractivity (Wildman–Crippen MR) is 278 cm³/mol. The number of rotatable bonds is 36. The molecular formula is C58H92O8Sn. The van der Waals surface area contributed by atoms with Crippen LogP contribution in [0.1, 0.15) is 262 Å². The van der Waals surface area contributed by atoms with Gasteiger partial charge in [-0.2, -0.15) is 0 Å². The van der Waals surface area contributed by atoms with E-state index in [4.69, 9.17) is 9.47 Å². The van der Waals surface area contributed by atoms with Gasteiger partial charge in [0.15, 0.2) is 0 Å². The number of carbonyl (C=O) groups is 4. The number of carboxylic acids is 2. The molecule has 4 radical (unpaired) electrons. The fraction of sp³-hybridized carbons (Fsp3) is 0.621. The van der Waals surface area contributed by atoms with Crippen molar-refractivity contribution in [3.05, 3.63) is 109 Å². The van der Waals surface area contributed by atoms with Crippen molar-refractivity contribution in [2.45, 2.75) is 220 Å². The van der Waals surface area contributed by atoms with Crippen LogP contribution in [0.15, 0.2) is 72.8 Å². The molecule has 0 aliphatic rings. The van der Waals surface area contributed by atoms with Gasteiger partial charge in [-0.15, -0.1) is 0 Å². The topological polar surface area (TPSA) is 133 Å². The molecule has 8 nitrogen and oxygen atoms in total. The quantitative estimate of drug-likeness (QED) is 0.0285. The number of allylic oxidation sites excluding steroid dienone is 4. The zero-order valence-corrected chi connectivity index (χ0v) is 45.6. The molecule has 0 saturated carbocycles. The number of aromatic carboxylic acids is 2. The van der Waals surface area contributed by atoms with Crippen LogP contribution in [0.3, 0.4) is 0 Å². The van der Waals surface area contributed by atoms with E-state index in [2.05, 4.69) is 65.8 Å². The van der Waals surface area contributed by atoms with Gasteiger partial charge in [0.2, 0.25) is 0 Å². The third-order valence-electron chi connectivity index (χ3n) is 10.7. The molecule has 0 fully saturated rings. The number of unbranched alkanes of at least 4 members (excludes halogenated alkanes) is 24. The first-order valence-corrected chi connectivity index (χ1v) is 26.0. The van der Waals surface area contributed by atoms with Crippen molar-refractivity contribution in [1.82, 2.24) is 0 Å². The van der Waals surface area contributed by atoms with Crippen LogP contribution in [0.25, 0.3) is 0 Å². The molecule has 2 aromatic carbocycles. The van der Waals surface area contributed by atoms with Gasteiger partial charge in [0.05, 0.1) is 36.3 Å². The SMILES string of the molecule is CCCCCCC/C=C/CCCCOC(=O)c1ccccc1C(=O)[O-].CCCCCCC/C=C/CCCCOC(=O)c1ccccc1C(=O)[O-].[CH2]CCCCCCC.[CH2]CCCCCCC.[Sn+2]. The van der Waals surface area contributed by atoms with Gasteiger partial charge < -0.3 is 29.3 Å². The van der Waals surface area contributed by atoms with E-state index >= 15 is 0 Å². The third kappa shape index (κ3) is 43.6. The molecule has 376 valence electrons. The molecule has 0 aliphatic heterocycles. The number of esters is 2. The molecule has 9 heteroatoms. The first-order chi connectivity index (χ1) is 32.2. The smallest absolute Gasteiger partial charge is 0.545 e. The number of hydrogen-bond donors (Lipinski definition) is 0. The Morgan fingerprint density at radius 3 is 0.925 bits per heavy atom. The zero-order chi connectivity index (χ0) is 49.1. The van der Waals surface area contributed by atoms with Crippen LogP contribution in [0.4, 0.5) is 0 Å². The molecule has 0 spiro atoms. The normalized spacial score (nSPS) is 10.5. The standard InChI is InChI=1S/2C21H30O4.2C8H17.Sn/c2*1-2-3-4-5-6-7-8-9-10-11-14-17-25-21(24)19-16-13-12-15-18(19)20(22)23;2*1-3-5-7-8-6-4-2;/h2*8-9,12-13,15-16H,2-7,10-11,14,17H2,1H3,(H,22,23);2*1,3-8H2,2H3;/q;;;;+2/p-2/b2*9-8+;;;. The average Bonchev–Trinajstić information content (AvgIpc) is 3.33. The number of hydrogen-bond acceptors (Lipinski definition) is 8. The predicted octanol–water partition coefficient (Wildman–Crippen LogP) is 14.6. The van der Waals surface area contributed by atoms with Gasteiger partial charge in [0, 0.05) is 11.1 Å². The second-order valence-electron chi connectivity index (χ2n) is 16.8. The van der Waals surface area contributed by atoms with Gasteiger partial charge in [-0.25, -0.2) is 9.59 Å². The van der Waals surface area contributed by atoms with E-state index in [1.54, 1.807) is 24.3 Å². The summed E-state index contributed by atoms with van der Waals surface area (Å²) in [5.74, 6) is -3.95. The maximum atomic E-state index is 11.9. The summed E-state index contributed by atoms with van der Waals surface area (Å²) >= 11 is 0. The first-order valence-electron chi connectivity index (χ1n) is 26.0. The average molecular weight is 1040 g/mol. The summed E-state index contributed by atoms with van der Waals surface area (Å²) in [4.78, 5) is 45.8. The number of ether oxygens (including phenoxy) is 2. The van der Waals surface area contributed by atoms with Crippen molar-refractivity contribution in [2.24, 2.45) is 0 Å². The Morgan fingerprint density at radius 1 is 0.403 bits per heavy atom. The largest absolute Gasteiger partial charge is 2.00 e. The zero-order valence-electron chi connectivity index (χ0n) is 42.7. The summed E-state index contributed by atoms with van der Waals surface area (Å²) in [5, 5.41) is 21.9. The van der Waals surface area contributed by atoms with Gasteiger partial charge in [-0.05, 0) is 76.3 Å².